The third kappa shape index (κ3) is 6.09. The molecule has 0 spiro atoms. The molecule has 0 radical (unpaired) electrons. The highest BCUT2D eigenvalue weighted by Gasteiger charge is 2.53. The van der Waals surface area contributed by atoms with E-state index in [9.17, 15) is 9.59 Å². The lowest BCUT2D eigenvalue weighted by Gasteiger charge is -2.43. The number of carbonyl (C=O) groups is 2. The van der Waals surface area contributed by atoms with E-state index in [1.54, 1.807) is 4.90 Å². The minimum Gasteiger partial charge on any atom is -0.467 e. The molecule has 2 aromatic rings. The summed E-state index contributed by atoms with van der Waals surface area (Å²) >= 11 is 0. The number of nitrogens with zero attached hydrogens (tertiary/aromatic N) is 1. The SMILES string of the molecule is COC(=O)C1(CCCO[Si](c2ccccc2)(c2ccccc2)C(C)(C)C)CCCN1C(=O)OC(C)(C)C. The molecule has 1 amide bonds. The van der Waals surface area contributed by atoms with Gasteiger partial charge in [-0.25, -0.2) is 9.59 Å². The van der Waals surface area contributed by atoms with Crippen molar-refractivity contribution in [3.05, 3.63) is 60.7 Å². The molecule has 0 bridgehead atoms. The van der Waals surface area contributed by atoms with E-state index >= 15 is 0 Å². The summed E-state index contributed by atoms with van der Waals surface area (Å²) < 4.78 is 17.9. The van der Waals surface area contributed by atoms with Gasteiger partial charge in [0.15, 0.2) is 0 Å². The van der Waals surface area contributed by atoms with Crippen LogP contribution in [0.5, 0.6) is 0 Å². The summed E-state index contributed by atoms with van der Waals surface area (Å²) in [6, 6.07) is 21.0. The first-order valence-electron chi connectivity index (χ1n) is 13.2. The predicted molar refractivity (Wildman–Crippen MR) is 150 cm³/mol. The molecule has 2 aromatic carbocycles. The standard InChI is InChI=1S/C30H43NO5Si/c1-28(2,3)36-27(33)31-22-14-20-30(31,26(32)34-7)21-15-23-35-37(29(4,5)6,24-16-10-8-11-17-24)25-18-12-9-13-19-25/h8-13,16-19H,14-15,20-23H2,1-7H3. The Labute approximate surface area is 223 Å². The zero-order chi connectivity index (χ0) is 27.3. The zero-order valence-corrected chi connectivity index (χ0v) is 24.5. The summed E-state index contributed by atoms with van der Waals surface area (Å²) in [7, 11) is -1.29. The first-order valence-corrected chi connectivity index (χ1v) is 15.1. The molecule has 1 aliphatic heterocycles. The highest BCUT2D eigenvalue weighted by atomic mass is 28.4. The zero-order valence-electron chi connectivity index (χ0n) is 23.5. The molecule has 0 aromatic heterocycles. The molecule has 1 fully saturated rings. The van der Waals surface area contributed by atoms with Crippen molar-refractivity contribution >= 4 is 30.8 Å². The van der Waals surface area contributed by atoms with E-state index < -0.39 is 25.6 Å². The molecule has 6 nitrogen and oxygen atoms in total. The van der Waals surface area contributed by atoms with Crippen molar-refractivity contribution in [3.8, 4) is 0 Å². The molecule has 0 saturated carbocycles. The number of carbonyl (C=O) groups excluding carboxylic acids is 2. The Morgan fingerprint density at radius 3 is 1.92 bits per heavy atom. The minimum atomic E-state index is -2.68. The lowest BCUT2D eigenvalue weighted by molar-refractivity contribution is -0.153. The van der Waals surface area contributed by atoms with E-state index in [2.05, 4.69) is 69.3 Å². The number of likely N-dealkylation sites (tertiary alicyclic amines) is 1. The largest absolute Gasteiger partial charge is 0.467 e. The molecule has 0 N–H and O–H groups in total. The molecule has 7 heteroatoms. The predicted octanol–water partition coefficient (Wildman–Crippen LogP) is 5.29. The summed E-state index contributed by atoms with van der Waals surface area (Å²) in [5, 5.41) is 2.30. The Morgan fingerprint density at radius 1 is 0.919 bits per heavy atom. The number of methoxy groups -OCH3 is 1. The van der Waals surface area contributed by atoms with E-state index in [1.165, 1.54) is 17.5 Å². The molecular weight excluding hydrogens is 482 g/mol. The second kappa shape index (κ2) is 11.4. The summed E-state index contributed by atoms with van der Waals surface area (Å²) in [4.78, 5) is 27.7. The second-order valence-electron chi connectivity index (χ2n) is 11.9. The lowest BCUT2D eigenvalue weighted by atomic mass is 9.90. The van der Waals surface area contributed by atoms with Crippen LogP contribution in [0.4, 0.5) is 4.79 Å². The maximum atomic E-state index is 13.1. The van der Waals surface area contributed by atoms with Crippen LogP contribution in [0, 0.1) is 0 Å². The Kier molecular flexibility index (Phi) is 8.91. The molecule has 1 atom stereocenters. The van der Waals surface area contributed by atoms with Crippen LogP contribution in [0.3, 0.4) is 0 Å². The van der Waals surface area contributed by atoms with Gasteiger partial charge in [-0.05, 0) is 61.9 Å². The van der Waals surface area contributed by atoms with Gasteiger partial charge < -0.3 is 13.9 Å². The molecule has 1 aliphatic rings. The van der Waals surface area contributed by atoms with Crippen molar-refractivity contribution in [1.82, 2.24) is 4.90 Å². The Balaban J connectivity index is 1.88. The van der Waals surface area contributed by atoms with Crippen molar-refractivity contribution < 1.29 is 23.5 Å². The summed E-state index contributed by atoms with van der Waals surface area (Å²) in [6.07, 6.45) is 1.88. The molecule has 1 heterocycles. The fourth-order valence-electron chi connectivity index (χ4n) is 5.58. The van der Waals surface area contributed by atoms with Gasteiger partial charge in [0.2, 0.25) is 0 Å². The van der Waals surface area contributed by atoms with E-state index in [4.69, 9.17) is 13.9 Å². The Bertz CT molecular complexity index is 1010. The van der Waals surface area contributed by atoms with Gasteiger partial charge in [-0.3, -0.25) is 4.90 Å². The number of ether oxygens (including phenoxy) is 2. The maximum Gasteiger partial charge on any atom is 0.411 e. The summed E-state index contributed by atoms with van der Waals surface area (Å²) in [5.41, 5.74) is -1.68. The smallest absolute Gasteiger partial charge is 0.411 e. The van der Waals surface area contributed by atoms with Gasteiger partial charge >= 0.3 is 12.1 Å². The topological polar surface area (TPSA) is 65.1 Å². The van der Waals surface area contributed by atoms with Crippen molar-refractivity contribution in [2.75, 3.05) is 20.3 Å². The number of amides is 1. The normalized spacial score (nSPS) is 18.5. The number of hydrogen-bond donors (Lipinski definition) is 0. The Morgan fingerprint density at radius 2 is 1.46 bits per heavy atom. The third-order valence-electron chi connectivity index (χ3n) is 7.14. The molecule has 0 aliphatic carbocycles. The van der Waals surface area contributed by atoms with Gasteiger partial charge in [0.05, 0.1) is 7.11 Å². The first kappa shape index (κ1) is 28.9. The van der Waals surface area contributed by atoms with Gasteiger partial charge in [0.1, 0.15) is 11.1 Å². The van der Waals surface area contributed by atoms with Gasteiger partial charge in [-0.2, -0.15) is 0 Å². The van der Waals surface area contributed by atoms with Crippen molar-refractivity contribution in [2.24, 2.45) is 0 Å². The van der Waals surface area contributed by atoms with E-state index in [0.29, 0.717) is 32.4 Å². The molecule has 1 unspecified atom stereocenters. The molecule has 3 rings (SSSR count). The van der Waals surface area contributed by atoms with E-state index in [1.807, 2.05) is 32.9 Å². The first-order chi connectivity index (χ1) is 17.4. The molecule has 1 saturated heterocycles. The quantitative estimate of drug-likeness (QED) is 0.266. The third-order valence-corrected chi connectivity index (χ3v) is 12.2. The van der Waals surface area contributed by atoms with E-state index in [-0.39, 0.29) is 11.0 Å². The number of rotatable bonds is 8. The Hall–Kier alpha value is -2.64. The van der Waals surface area contributed by atoms with Crippen LogP contribution >= 0.6 is 0 Å². The molecule has 37 heavy (non-hydrogen) atoms. The highest BCUT2D eigenvalue weighted by molar-refractivity contribution is 6.99. The fourth-order valence-corrected chi connectivity index (χ4v) is 10.2. The average Bonchev–Trinajstić information content (AvgIpc) is 3.28. The number of benzene rings is 2. The molecule has 202 valence electrons. The van der Waals surface area contributed by atoms with Crippen molar-refractivity contribution in [2.45, 2.75) is 83.4 Å². The van der Waals surface area contributed by atoms with Crippen LogP contribution in [0.2, 0.25) is 5.04 Å². The number of hydrogen-bond acceptors (Lipinski definition) is 5. The maximum absolute atomic E-state index is 13.1. The van der Waals surface area contributed by atoms with Crippen molar-refractivity contribution in [3.63, 3.8) is 0 Å². The van der Waals surface area contributed by atoms with Crippen LogP contribution in [-0.2, 0) is 18.7 Å². The van der Waals surface area contributed by atoms with Gasteiger partial charge in [-0.15, -0.1) is 0 Å². The molecular formula is C30H43NO5Si. The minimum absolute atomic E-state index is 0.133. The van der Waals surface area contributed by atoms with Gasteiger partial charge in [0.25, 0.3) is 8.32 Å². The van der Waals surface area contributed by atoms with E-state index in [0.717, 1.165) is 6.42 Å². The monoisotopic (exact) mass is 525 g/mol. The van der Waals surface area contributed by atoms with Gasteiger partial charge in [-0.1, -0.05) is 81.4 Å². The fraction of sp³-hybridized carbons (Fsp3) is 0.533. The lowest BCUT2D eigenvalue weighted by Crippen LogP contribution is -2.66. The van der Waals surface area contributed by atoms with Crippen molar-refractivity contribution in [1.29, 1.82) is 0 Å². The van der Waals surface area contributed by atoms with Gasteiger partial charge in [0, 0.05) is 13.2 Å². The highest BCUT2D eigenvalue weighted by Crippen LogP contribution is 2.39. The van der Waals surface area contributed by atoms with Crippen LogP contribution < -0.4 is 10.4 Å². The summed E-state index contributed by atoms with van der Waals surface area (Å²) in [5.74, 6) is -0.388. The number of esters is 1. The summed E-state index contributed by atoms with van der Waals surface area (Å²) in [6.45, 7) is 13.2. The van der Waals surface area contributed by atoms with Crippen LogP contribution in [0.15, 0.2) is 60.7 Å². The van der Waals surface area contributed by atoms with Crippen LogP contribution in [-0.4, -0.2) is 56.7 Å². The van der Waals surface area contributed by atoms with Crippen LogP contribution in [0.1, 0.15) is 67.2 Å². The van der Waals surface area contributed by atoms with Crippen LogP contribution in [0.25, 0.3) is 0 Å². The second-order valence-corrected chi connectivity index (χ2v) is 16.2. The average molecular weight is 526 g/mol.